The Labute approximate surface area is 259 Å². The summed E-state index contributed by atoms with van der Waals surface area (Å²) in [6, 6.07) is 8.05. The van der Waals surface area contributed by atoms with Crippen molar-refractivity contribution in [2.24, 2.45) is 16.7 Å². The van der Waals surface area contributed by atoms with Crippen molar-refractivity contribution in [3.63, 3.8) is 0 Å². The zero-order valence-electron chi connectivity index (χ0n) is 26.3. The Morgan fingerprint density at radius 3 is 2.45 bits per heavy atom. The van der Waals surface area contributed by atoms with Gasteiger partial charge in [0.05, 0.1) is 24.1 Å². The Balaban J connectivity index is 1.33. The molecule has 3 unspecified atom stereocenters. The van der Waals surface area contributed by atoms with E-state index in [9.17, 15) is 18.0 Å². The Bertz CT molecular complexity index is 1800. The van der Waals surface area contributed by atoms with Crippen LogP contribution in [-0.2, 0) is 26.3 Å². The van der Waals surface area contributed by atoms with Crippen molar-refractivity contribution in [3.05, 3.63) is 64.4 Å². The molecule has 0 saturated carbocycles. The van der Waals surface area contributed by atoms with Gasteiger partial charge in [0, 0.05) is 63.8 Å². The Morgan fingerprint density at radius 2 is 1.80 bits per heavy atom. The van der Waals surface area contributed by atoms with Gasteiger partial charge in [-0.15, -0.1) is 0 Å². The molecular formula is C33H41N5O5S. The molecule has 0 spiro atoms. The number of ether oxygens (including phenoxy) is 1. The maximum atomic E-state index is 14.7. The molecule has 0 radical (unpaired) electrons. The van der Waals surface area contributed by atoms with Gasteiger partial charge >= 0.3 is 10.2 Å². The van der Waals surface area contributed by atoms with Crippen molar-refractivity contribution in [2.75, 3.05) is 54.4 Å². The number of hydrogen-bond donors (Lipinski definition) is 1. The van der Waals surface area contributed by atoms with Gasteiger partial charge in [0.25, 0.3) is 5.91 Å². The number of benzene rings is 1. The Kier molecular flexibility index (Phi) is 6.52. The zero-order chi connectivity index (χ0) is 31.3. The zero-order valence-corrected chi connectivity index (χ0v) is 27.1. The molecule has 1 N–H and O–H groups in total. The first-order valence-electron chi connectivity index (χ1n) is 15.3. The van der Waals surface area contributed by atoms with Crippen LogP contribution in [0.3, 0.4) is 0 Å². The van der Waals surface area contributed by atoms with Gasteiger partial charge in [-0.05, 0) is 65.6 Å². The predicted molar refractivity (Wildman–Crippen MR) is 168 cm³/mol. The first kappa shape index (κ1) is 29.3. The van der Waals surface area contributed by atoms with Crippen LogP contribution in [-0.4, -0.2) is 93.3 Å². The normalized spacial score (nSPS) is 29.8. The van der Waals surface area contributed by atoms with Crippen LogP contribution in [0.4, 0.5) is 0 Å². The number of piperidine rings is 2. The molecule has 2 aromatic rings. The molecule has 7 rings (SSSR count). The number of carbonyl (C=O) groups is 2. The number of nitrogens with zero attached hydrogens (tertiary/aromatic N) is 4. The second kappa shape index (κ2) is 9.79. The third-order valence-electron chi connectivity index (χ3n) is 10.2. The van der Waals surface area contributed by atoms with E-state index in [1.165, 1.54) is 14.1 Å². The number of aromatic nitrogens is 1. The Hall–Kier alpha value is -3.41. The van der Waals surface area contributed by atoms with E-state index in [-0.39, 0.29) is 28.6 Å². The molecule has 234 valence electrons. The fraction of sp³-hybridized carbons (Fsp3) is 0.515. The minimum atomic E-state index is -3.97. The number of rotatable bonds is 5. The molecule has 5 aliphatic rings. The highest BCUT2D eigenvalue weighted by Gasteiger charge is 2.52. The Morgan fingerprint density at radius 1 is 1.09 bits per heavy atom. The van der Waals surface area contributed by atoms with E-state index in [1.807, 2.05) is 30.4 Å². The van der Waals surface area contributed by atoms with Crippen molar-refractivity contribution in [2.45, 2.75) is 39.2 Å². The minimum absolute atomic E-state index is 0.0293. The lowest BCUT2D eigenvalue weighted by atomic mass is 9.65. The molecule has 2 fully saturated rings. The lowest BCUT2D eigenvalue weighted by Gasteiger charge is -2.56. The summed E-state index contributed by atoms with van der Waals surface area (Å²) in [4.78, 5) is 32.6. The second-order valence-electron chi connectivity index (χ2n) is 14.3. The third-order valence-corrected chi connectivity index (χ3v) is 11.6. The summed E-state index contributed by atoms with van der Waals surface area (Å²) < 4.78 is 36.3. The van der Waals surface area contributed by atoms with Crippen molar-refractivity contribution in [3.8, 4) is 5.75 Å². The molecule has 4 heterocycles. The first-order chi connectivity index (χ1) is 20.7. The van der Waals surface area contributed by atoms with Gasteiger partial charge in [0.15, 0.2) is 0 Å². The molecule has 2 aliphatic carbocycles. The van der Waals surface area contributed by atoms with Gasteiger partial charge in [-0.1, -0.05) is 32.1 Å². The van der Waals surface area contributed by atoms with Crippen LogP contribution in [0.25, 0.3) is 10.9 Å². The number of methoxy groups -OCH3 is 1. The molecule has 2 saturated heterocycles. The number of allylic oxidation sites excluding steroid dienone is 4. The van der Waals surface area contributed by atoms with Gasteiger partial charge in [-0.3, -0.25) is 9.59 Å². The quantitative estimate of drug-likeness (QED) is 0.552. The number of likely N-dealkylation sites (tertiary alicyclic amines) is 2. The van der Waals surface area contributed by atoms with Gasteiger partial charge < -0.3 is 19.1 Å². The summed E-state index contributed by atoms with van der Waals surface area (Å²) in [6.45, 7) is 8.39. The number of hydrogen-bond acceptors (Lipinski definition) is 6. The summed E-state index contributed by atoms with van der Waals surface area (Å²) >= 11 is 0. The smallest absolute Gasteiger partial charge is 0.303 e. The molecule has 1 aromatic heterocycles. The van der Waals surface area contributed by atoms with E-state index in [0.717, 1.165) is 76.0 Å². The third kappa shape index (κ3) is 4.54. The maximum Gasteiger partial charge on any atom is 0.303 e. The summed E-state index contributed by atoms with van der Waals surface area (Å²) in [5, 5.41) is 0.951. The molecule has 2 bridgehead atoms. The van der Waals surface area contributed by atoms with Crippen LogP contribution in [0.2, 0.25) is 0 Å². The highest BCUT2D eigenvalue weighted by molar-refractivity contribution is 7.87. The molecule has 4 atom stereocenters. The topological polar surface area (TPSA) is 104 Å². The largest absolute Gasteiger partial charge is 0.496 e. The van der Waals surface area contributed by atoms with Crippen LogP contribution in [0.1, 0.15) is 38.3 Å². The summed E-state index contributed by atoms with van der Waals surface area (Å²) in [7, 11) is 2.63. The lowest BCUT2D eigenvalue weighted by molar-refractivity contribution is -0.148. The molecule has 1 aromatic carbocycles. The molecule has 3 aliphatic heterocycles. The van der Waals surface area contributed by atoms with Crippen molar-refractivity contribution >= 4 is 32.9 Å². The van der Waals surface area contributed by atoms with E-state index in [2.05, 4.69) is 46.1 Å². The van der Waals surface area contributed by atoms with E-state index in [0.29, 0.717) is 18.5 Å². The molecule has 2 amide bonds. The van der Waals surface area contributed by atoms with E-state index >= 15 is 0 Å². The summed E-state index contributed by atoms with van der Waals surface area (Å²) in [5.41, 5.74) is 4.94. The first-order valence-corrected chi connectivity index (χ1v) is 16.7. The van der Waals surface area contributed by atoms with Gasteiger partial charge in [0.2, 0.25) is 5.91 Å². The number of fused-ring (bicyclic) bond motifs is 8. The minimum Gasteiger partial charge on any atom is -0.496 e. The molecule has 44 heavy (non-hydrogen) atoms. The average Bonchev–Trinajstić information content (AvgIpc) is 3.57. The molecule has 10 nitrogen and oxygen atoms in total. The van der Waals surface area contributed by atoms with E-state index in [4.69, 9.17) is 4.74 Å². The van der Waals surface area contributed by atoms with Crippen LogP contribution in [0.15, 0.2) is 58.7 Å². The summed E-state index contributed by atoms with van der Waals surface area (Å²) in [5.74, 6) is -0.388. The second-order valence-corrected chi connectivity index (χ2v) is 16.2. The van der Waals surface area contributed by atoms with Crippen LogP contribution < -0.4 is 9.46 Å². The number of carbonyl (C=O) groups excluding carboxylic acids is 2. The van der Waals surface area contributed by atoms with E-state index in [1.54, 1.807) is 7.11 Å². The van der Waals surface area contributed by atoms with E-state index < -0.39 is 16.1 Å². The van der Waals surface area contributed by atoms with Crippen molar-refractivity contribution in [1.29, 1.82) is 0 Å². The van der Waals surface area contributed by atoms with Gasteiger partial charge in [0.1, 0.15) is 5.75 Å². The van der Waals surface area contributed by atoms with Crippen LogP contribution in [0.5, 0.6) is 5.75 Å². The predicted octanol–water partition coefficient (Wildman–Crippen LogP) is 3.04. The molecular weight excluding hydrogens is 578 g/mol. The highest BCUT2D eigenvalue weighted by atomic mass is 32.2. The average molecular weight is 620 g/mol. The monoisotopic (exact) mass is 619 g/mol. The molecule has 11 heteroatoms. The fourth-order valence-corrected chi connectivity index (χ4v) is 9.51. The van der Waals surface area contributed by atoms with Gasteiger partial charge in [-0.2, -0.15) is 12.7 Å². The van der Waals surface area contributed by atoms with Crippen LogP contribution >= 0.6 is 0 Å². The number of amides is 2. The van der Waals surface area contributed by atoms with Crippen molar-refractivity contribution < 1.29 is 22.7 Å². The standard InChI is InChI=1S/C33H41N5O5S/c1-32-15-33(2,17-36(5)16-32)19-37(18-32)31(40)21-10-7-9-20-27(21)25-13-22-24(11-8-12-26(22)43-6)38(25)14-23-28(20)29(23)30(39)34-44(41,42)35(3)4/h7-9,11-13,21,27H,10,14-19H2,1-6H3,(H,34,39)/t21-,27?,32?,33?/m1/s1. The number of nitrogens with one attached hydrogen (secondary N) is 1. The maximum absolute atomic E-state index is 14.7. The highest BCUT2D eigenvalue weighted by Crippen LogP contribution is 2.55. The SMILES string of the molecule is COc1cccc2c1cc1n2CC2=C(C(=O)NS(=O)(=O)N(C)C)C2=C2C=CC[C@@H](C(=O)N3CC4(C)CN(C)CC(C)(C3)C4)C21. The van der Waals surface area contributed by atoms with Crippen molar-refractivity contribution in [1.82, 2.24) is 23.4 Å². The lowest BCUT2D eigenvalue weighted by Crippen LogP contribution is -2.63. The van der Waals surface area contributed by atoms with Crippen LogP contribution in [0, 0.1) is 16.7 Å². The van der Waals surface area contributed by atoms with Gasteiger partial charge in [-0.25, -0.2) is 4.72 Å². The fourth-order valence-electron chi connectivity index (χ4n) is 8.99. The summed E-state index contributed by atoms with van der Waals surface area (Å²) in [6.07, 6.45) is 5.78.